The van der Waals surface area contributed by atoms with E-state index in [1.165, 1.54) is 37.8 Å². The second-order valence-electron chi connectivity index (χ2n) is 9.19. The Morgan fingerprint density at radius 3 is 2.68 bits per heavy atom. The Kier molecular flexibility index (Phi) is 4.00. The molecule has 5 heteroatoms. The van der Waals surface area contributed by atoms with Crippen LogP contribution in [0.2, 0.25) is 0 Å². The molecule has 0 radical (unpaired) electrons. The Balaban J connectivity index is 1.78. The van der Waals surface area contributed by atoms with Crippen LogP contribution in [0.3, 0.4) is 0 Å². The van der Waals surface area contributed by atoms with Gasteiger partial charge < -0.3 is 14.4 Å². The Labute approximate surface area is 168 Å². The van der Waals surface area contributed by atoms with Crippen LogP contribution in [0.25, 0.3) is 0 Å². The van der Waals surface area contributed by atoms with Gasteiger partial charge in [0.15, 0.2) is 11.5 Å². The number of methoxy groups -OCH3 is 2. The number of hydrogen-bond donors (Lipinski definition) is 0. The lowest BCUT2D eigenvalue weighted by Gasteiger charge is -2.58. The fourth-order valence-electron chi connectivity index (χ4n) is 7.58. The molecule has 5 rings (SSSR count). The second-order valence-corrected chi connectivity index (χ2v) is 9.19. The molecular formula is C23H32N2O3. The molecule has 1 spiro atoms. The third-order valence-electron chi connectivity index (χ3n) is 8.49. The zero-order valence-electron chi connectivity index (χ0n) is 17.6. The Morgan fingerprint density at radius 1 is 1.18 bits per heavy atom. The maximum Gasteiger partial charge on any atom is 0.224 e. The third kappa shape index (κ3) is 1.99. The molecule has 0 unspecified atom stereocenters. The van der Waals surface area contributed by atoms with Gasteiger partial charge in [0, 0.05) is 24.4 Å². The molecule has 3 aliphatic heterocycles. The van der Waals surface area contributed by atoms with E-state index < -0.39 is 0 Å². The molecule has 1 saturated carbocycles. The van der Waals surface area contributed by atoms with Gasteiger partial charge in [-0.15, -0.1) is 0 Å². The number of rotatable bonds is 3. The number of benzene rings is 1. The molecule has 0 aromatic heterocycles. The van der Waals surface area contributed by atoms with Crippen molar-refractivity contribution in [2.24, 2.45) is 5.41 Å². The van der Waals surface area contributed by atoms with Crippen molar-refractivity contribution in [3.05, 3.63) is 17.7 Å². The number of amides is 1. The van der Waals surface area contributed by atoms with Crippen LogP contribution in [0.5, 0.6) is 11.5 Å². The van der Waals surface area contributed by atoms with Crippen LogP contribution in [0.15, 0.2) is 12.1 Å². The van der Waals surface area contributed by atoms with Gasteiger partial charge in [-0.3, -0.25) is 9.69 Å². The summed E-state index contributed by atoms with van der Waals surface area (Å²) in [5.74, 6) is 1.55. The van der Waals surface area contributed by atoms with Crippen LogP contribution < -0.4 is 14.4 Å². The number of hydrogen-bond acceptors (Lipinski definition) is 4. The third-order valence-corrected chi connectivity index (χ3v) is 8.49. The molecule has 0 N–H and O–H groups in total. The predicted octanol–water partition coefficient (Wildman–Crippen LogP) is 3.74. The number of ether oxygens (including phenoxy) is 2. The SMILES string of the molecule is CC[C@@]12CCCN3CC[C@@]4(c5ccc(OC)c(OC)c5N(C(C)=O)[C@H]4CC1)[C@H]32. The molecule has 0 bridgehead atoms. The summed E-state index contributed by atoms with van der Waals surface area (Å²) in [6.07, 6.45) is 7.29. The van der Waals surface area contributed by atoms with E-state index >= 15 is 0 Å². The number of anilines is 1. The number of nitrogens with zero attached hydrogens (tertiary/aromatic N) is 2. The highest BCUT2D eigenvalue weighted by atomic mass is 16.5. The standard InChI is InChI=1S/C23H32N2O3/c1-5-22-10-6-13-24-14-12-23(21(22)24)16-7-8-17(27-3)20(28-4)19(16)25(15(2)26)18(23)9-11-22/h7-8,18,21H,5-6,9-14H2,1-4H3/t18-,21+,22+,23-/m0/s1. The molecule has 4 atom stereocenters. The Hall–Kier alpha value is -1.75. The first-order chi connectivity index (χ1) is 13.5. The molecule has 3 heterocycles. The first-order valence-corrected chi connectivity index (χ1v) is 10.8. The molecule has 1 aliphatic carbocycles. The van der Waals surface area contributed by atoms with Gasteiger partial charge in [-0.2, -0.15) is 0 Å². The topological polar surface area (TPSA) is 42.0 Å². The summed E-state index contributed by atoms with van der Waals surface area (Å²) in [7, 11) is 3.36. The van der Waals surface area contributed by atoms with Crippen LogP contribution in [-0.2, 0) is 10.2 Å². The van der Waals surface area contributed by atoms with Crippen molar-refractivity contribution in [2.45, 2.75) is 69.9 Å². The smallest absolute Gasteiger partial charge is 0.224 e. The van der Waals surface area contributed by atoms with Crippen LogP contribution in [0.4, 0.5) is 5.69 Å². The molecule has 2 saturated heterocycles. The minimum absolute atomic E-state index is 0.0231. The molecule has 1 aromatic rings. The van der Waals surface area contributed by atoms with Crippen molar-refractivity contribution in [1.82, 2.24) is 4.90 Å². The number of fused-ring (bicyclic) bond motifs is 1. The molecular weight excluding hydrogens is 352 g/mol. The minimum atomic E-state index is 0.0231. The Bertz CT molecular complexity index is 824. The summed E-state index contributed by atoms with van der Waals surface area (Å²) in [6.45, 7) is 6.42. The molecule has 4 aliphatic rings. The number of carbonyl (C=O) groups excluding carboxylic acids is 1. The van der Waals surface area contributed by atoms with Crippen molar-refractivity contribution in [3.63, 3.8) is 0 Å². The summed E-state index contributed by atoms with van der Waals surface area (Å²) in [4.78, 5) is 17.7. The van der Waals surface area contributed by atoms with Gasteiger partial charge in [0.25, 0.3) is 0 Å². The Morgan fingerprint density at radius 2 is 2.00 bits per heavy atom. The maximum absolute atomic E-state index is 12.9. The van der Waals surface area contributed by atoms with Gasteiger partial charge in [0.1, 0.15) is 0 Å². The van der Waals surface area contributed by atoms with Crippen LogP contribution in [-0.4, -0.2) is 50.2 Å². The van der Waals surface area contributed by atoms with Gasteiger partial charge >= 0.3 is 0 Å². The number of piperidine rings is 1. The van der Waals surface area contributed by atoms with E-state index in [9.17, 15) is 4.79 Å². The first kappa shape index (κ1) is 18.3. The number of carbonyl (C=O) groups is 1. The van der Waals surface area contributed by atoms with E-state index in [1.54, 1.807) is 21.1 Å². The van der Waals surface area contributed by atoms with E-state index in [1.807, 2.05) is 6.07 Å². The largest absolute Gasteiger partial charge is 0.493 e. The van der Waals surface area contributed by atoms with Crippen LogP contribution in [0.1, 0.15) is 57.9 Å². The maximum atomic E-state index is 12.9. The van der Waals surface area contributed by atoms with Gasteiger partial charge in [-0.1, -0.05) is 13.0 Å². The highest BCUT2D eigenvalue weighted by Crippen LogP contribution is 2.67. The molecule has 1 aromatic carbocycles. The summed E-state index contributed by atoms with van der Waals surface area (Å²) in [5.41, 5.74) is 2.69. The van der Waals surface area contributed by atoms with Crippen molar-refractivity contribution >= 4 is 11.6 Å². The fraction of sp³-hybridized carbons (Fsp3) is 0.696. The summed E-state index contributed by atoms with van der Waals surface area (Å²) in [5, 5.41) is 0. The highest BCUT2D eigenvalue weighted by molar-refractivity contribution is 5.99. The molecule has 1 amide bonds. The summed E-state index contributed by atoms with van der Waals surface area (Å²) >= 11 is 0. The lowest BCUT2D eigenvalue weighted by Crippen LogP contribution is -2.65. The van der Waals surface area contributed by atoms with Crippen molar-refractivity contribution in [2.75, 3.05) is 32.2 Å². The summed E-state index contributed by atoms with van der Waals surface area (Å²) < 4.78 is 11.4. The normalized spacial score (nSPS) is 35.9. The van der Waals surface area contributed by atoms with Crippen molar-refractivity contribution < 1.29 is 14.3 Å². The van der Waals surface area contributed by atoms with E-state index in [-0.39, 0.29) is 17.4 Å². The van der Waals surface area contributed by atoms with E-state index in [0.717, 1.165) is 30.8 Å². The monoisotopic (exact) mass is 384 g/mol. The van der Waals surface area contributed by atoms with Gasteiger partial charge in [-0.05, 0) is 68.7 Å². The highest BCUT2D eigenvalue weighted by Gasteiger charge is 2.68. The average molecular weight is 385 g/mol. The lowest BCUT2D eigenvalue weighted by molar-refractivity contribution is -0.118. The molecule has 5 nitrogen and oxygen atoms in total. The zero-order valence-corrected chi connectivity index (χ0v) is 17.6. The molecule has 28 heavy (non-hydrogen) atoms. The fourth-order valence-corrected chi connectivity index (χ4v) is 7.58. The quantitative estimate of drug-likeness (QED) is 0.796. The zero-order chi connectivity index (χ0) is 19.7. The second kappa shape index (κ2) is 6.12. The average Bonchev–Trinajstić information content (AvgIpc) is 3.25. The predicted molar refractivity (Wildman–Crippen MR) is 109 cm³/mol. The van der Waals surface area contributed by atoms with E-state index in [2.05, 4.69) is 22.8 Å². The lowest BCUT2D eigenvalue weighted by atomic mass is 9.52. The molecule has 152 valence electrons. The van der Waals surface area contributed by atoms with Crippen molar-refractivity contribution in [1.29, 1.82) is 0 Å². The van der Waals surface area contributed by atoms with Crippen LogP contribution in [0, 0.1) is 5.41 Å². The first-order valence-electron chi connectivity index (χ1n) is 10.8. The van der Waals surface area contributed by atoms with E-state index in [0.29, 0.717) is 17.2 Å². The van der Waals surface area contributed by atoms with Gasteiger partial charge in [0.2, 0.25) is 5.91 Å². The van der Waals surface area contributed by atoms with Gasteiger partial charge in [-0.25, -0.2) is 0 Å². The van der Waals surface area contributed by atoms with E-state index in [4.69, 9.17) is 9.47 Å². The minimum Gasteiger partial charge on any atom is -0.493 e. The summed E-state index contributed by atoms with van der Waals surface area (Å²) in [6, 6.07) is 5.03. The van der Waals surface area contributed by atoms with Crippen LogP contribution >= 0.6 is 0 Å². The molecule has 3 fully saturated rings. The van der Waals surface area contributed by atoms with Gasteiger partial charge in [0.05, 0.1) is 19.9 Å². The van der Waals surface area contributed by atoms with Crippen molar-refractivity contribution in [3.8, 4) is 11.5 Å².